The van der Waals surface area contributed by atoms with Crippen LogP contribution in [0, 0.1) is 5.41 Å². The van der Waals surface area contributed by atoms with Crippen LogP contribution in [0.3, 0.4) is 0 Å². The molecule has 122 valence electrons. The summed E-state index contributed by atoms with van der Waals surface area (Å²) in [4.78, 5) is 0. The summed E-state index contributed by atoms with van der Waals surface area (Å²) >= 11 is 0. The summed E-state index contributed by atoms with van der Waals surface area (Å²) in [5, 5.41) is 6.35. The maximum atomic E-state index is 13.6. The van der Waals surface area contributed by atoms with Crippen molar-refractivity contribution < 1.29 is 48.3 Å². The zero-order valence-electron chi connectivity index (χ0n) is 9.23. The van der Waals surface area contributed by atoms with Gasteiger partial charge in [0.25, 0.3) is 0 Å². The Morgan fingerprint density at radius 1 is 0.857 bits per heavy atom. The van der Waals surface area contributed by atoms with E-state index in [0.717, 1.165) is 0 Å². The van der Waals surface area contributed by atoms with Gasteiger partial charge in [-0.05, 0) is 0 Å². The monoisotopic (exact) mass is 336 g/mol. The Labute approximate surface area is 107 Å². The summed E-state index contributed by atoms with van der Waals surface area (Å²) < 4.78 is 140. The molecule has 0 aromatic rings. The zero-order valence-corrected chi connectivity index (χ0v) is 9.23. The Morgan fingerprint density at radius 3 is 1.52 bits per heavy atom. The number of rotatable bonds is 0. The van der Waals surface area contributed by atoms with Crippen LogP contribution in [-0.4, -0.2) is 35.6 Å². The van der Waals surface area contributed by atoms with Crippen LogP contribution in [-0.2, 0) is 0 Å². The third-order valence-corrected chi connectivity index (χ3v) is 2.71. The first-order valence-electron chi connectivity index (χ1n) is 4.62. The average molecular weight is 336 g/mol. The molecule has 1 rings (SSSR count). The van der Waals surface area contributed by atoms with Crippen molar-refractivity contribution >= 4 is 5.71 Å². The topological polar surface area (TPSA) is 49.9 Å². The lowest BCUT2D eigenvalue weighted by Gasteiger charge is -2.43. The van der Waals surface area contributed by atoms with E-state index in [4.69, 9.17) is 5.41 Å². The van der Waals surface area contributed by atoms with E-state index in [2.05, 4.69) is 5.73 Å². The van der Waals surface area contributed by atoms with Gasteiger partial charge in [-0.3, -0.25) is 5.41 Å². The molecule has 0 radical (unpaired) electrons. The third-order valence-electron chi connectivity index (χ3n) is 2.71. The van der Waals surface area contributed by atoms with Crippen LogP contribution < -0.4 is 5.73 Å². The van der Waals surface area contributed by atoms with E-state index in [1.54, 1.807) is 0 Å². The minimum Gasteiger partial charge on any atom is -0.398 e. The van der Waals surface area contributed by atoms with Crippen molar-refractivity contribution in [2.45, 2.75) is 29.9 Å². The van der Waals surface area contributed by atoms with E-state index in [1.165, 1.54) is 0 Å². The highest BCUT2D eigenvalue weighted by Gasteiger charge is 2.86. The van der Waals surface area contributed by atoms with E-state index < -0.39 is 46.8 Å². The van der Waals surface area contributed by atoms with Crippen LogP contribution >= 0.6 is 0 Å². The molecule has 1 unspecified atom stereocenters. The van der Waals surface area contributed by atoms with Gasteiger partial charge < -0.3 is 5.73 Å². The van der Waals surface area contributed by atoms with Gasteiger partial charge in [-0.2, -0.15) is 43.9 Å². The van der Waals surface area contributed by atoms with Crippen molar-refractivity contribution in [2.75, 3.05) is 0 Å². The van der Waals surface area contributed by atoms with Gasteiger partial charge >= 0.3 is 29.9 Å². The van der Waals surface area contributed by atoms with Crippen LogP contribution in [0.4, 0.5) is 48.3 Å². The molecule has 0 fully saturated rings. The predicted octanol–water partition coefficient (Wildman–Crippen LogP) is 3.34. The Hall–Kier alpha value is -1.56. The van der Waals surface area contributed by atoms with Gasteiger partial charge in [-0.25, -0.2) is 4.39 Å². The number of nitrogens with two attached hydrogens (primary N) is 1. The summed E-state index contributed by atoms with van der Waals surface area (Å²) in [7, 11) is 0. The summed E-state index contributed by atoms with van der Waals surface area (Å²) in [5.41, 5.74) is -12.1. The summed E-state index contributed by atoms with van der Waals surface area (Å²) in [6, 6.07) is 0. The lowest BCUT2D eigenvalue weighted by molar-refractivity contribution is -0.329. The molecular formula is C8H3F11N2. The molecule has 0 aromatic carbocycles. The molecule has 0 heterocycles. The quantitative estimate of drug-likeness (QED) is 0.655. The van der Waals surface area contributed by atoms with Crippen LogP contribution in [0.25, 0.3) is 0 Å². The second-order valence-electron chi connectivity index (χ2n) is 3.97. The molecule has 1 atom stereocenters. The largest absolute Gasteiger partial charge is 0.434 e. The van der Waals surface area contributed by atoms with Crippen molar-refractivity contribution in [1.82, 2.24) is 0 Å². The van der Waals surface area contributed by atoms with Gasteiger partial charge in [0.1, 0.15) is 11.3 Å². The highest BCUT2D eigenvalue weighted by atomic mass is 19.4. The Balaban J connectivity index is 3.94. The highest BCUT2D eigenvalue weighted by molar-refractivity contribution is 6.07. The first-order chi connectivity index (χ1) is 8.94. The molecule has 3 N–H and O–H groups in total. The normalized spacial score (nSPS) is 29.8. The number of hydrogen-bond donors (Lipinski definition) is 2. The van der Waals surface area contributed by atoms with E-state index in [-0.39, 0.29) is 0 Å². The molecule has 0 aliphatic heterocycles. The number of alkyl halides is 11. The smallest absolute Gasteiger partial charge is 0.398 e. The van der Waals surface area contributed by atoms with Gasteiger partial charge in [0, 0.05) is 0 Å². The van der Waals surface area contributed by atoms with E-state index >= 15 is 0 Å². The molecule has 1 aliphatic rings. The minimum atomic E-state index is -6.87. The summed E-state index contributed by atoms with van der Waals surface area (Å²) in [5.74, 6) is -13.1. The van der Waals surface area contributed by atoms with Crippen molar-refractivity contribution in [2.24, 2.45) is 5.73 Å². The Bertz CT molecular complexity index is 511. The molecule has 0 aromatic heterocycles. The molecule has 2 nitrogen and oxygen atoms in total. The molecule has 1 aliphatic carbocycles. The van der Waals surface area contributed by atoms with E-state index in [0.29, 0.717) is 0 Å². The minimum absolute atomic E-state index is 3.23. The highest BCUT2D eigenvalue weighted by Crippen LogP contribution is 2.60. The van der Waals surface area contributed by atoms with Crippen molar-refractivity contribution in [1.29, 1.82) is 5.41 Å². The van der Waals surface area contributed by atoms with Gasteiger partial charge in [-0.1, -0.05) is 0 Å². The molecular weight excluding hydrogens is 333 g/mol. The number of nitrogens with one attached hydrogen (secondary N) is 1. The van der Waals surface area contributed by atoms with Gasteiger partial charge in [0.05, 0.1) is 5.70 Å². The fraction of sp³-hybridized carbons (Fsp3) is 0.625. The summed E-state index contributed by atoms with van der Waals surface area (Å²) in [6.07, 6.45) is -13.0. The molecule has 0 saturated heterocycles. The Morgan fingerprint density at radius 2 is 1.24 bits per heavy atom. The van der Waals surface area contributed by atoms with E-state index in [1.807, 2.05) is 0 Å². The maximum absolute atomic E-state index is 13.6. The van der Waals surface area contributed by atoms with Crippen LogP contribution in [0.5, 0.6) is 0 Å². The average Bonchev–Trinajstić information content (AvgIpc) is 2.22. The lowest BCUT2D eigenvalue weighted by Crippen LogP contribution is -2.71. The number of hydrogen-bond acceptors (Lipinski definition) is 2. The molecule has 0 amide bonds. The first kappa shape index (κ1) is 17.5. The second kappa shape index (κ2) is 4.00. The number of halogens is 11. The van der Waals surface area contributed by atoms with Gasteiger partial charge in [0.2, 0.25) is 0 Å². The Kier molecular flexibility index (Phi) is 3.33. The first-order valence-corrected chi connectivity index (χ1v) is 4.62. The molecule has 13 heteroatoms. The van der Waals surface area contributed by atoms with Crippen molar-refractivity contribution in [3.8, 4) is 0 Å². The fourth-order valence-corrected chi connectivity index (χ4v) is 1.63. The predicted molar refractivity (Wildman–Crippen MR) is 44.8 cm³/mol. The van der Waals surface area contributed by atoms with Crippen molar-refractivity contribution in [3.63, 3.8) is 0 Å². The van der Waals surface area contributed by atoms with Crippen LogP contribution in [0.1, 0.15) is 0 Å². The van der Waals surface area contributed by atoms with Gasteiger partial charge in [-0.15, -0.1) is 0 Å². The SMILES string of the molecule is N=C1C(C(F)(F)F)=C(N)C(F)(C(F)(F)F)C(F)(F)C1(F)F. The third kappa shape index (κ3) is 1.88. The van der Waals surface area contributed by atoms with Gasteiger partial charge in [0.15, 0.2) is 0 Å². The fourth-order valence-electron chi connectivity index (χ4n) is 1.63. The molecule has 0 spiro atoms. The maximum Gasteiger partial charge on any atom is 0.434 e. The number of allylic oxidation sites excluding steroid dienone is 2. The van der Waals surface area contributed by atoms with E-state index in [9.17, 15) is 48.3 Å². The lowest BCUT2D eigenvalue weighted by atomic mass is 9.77. The second-order valence-corrected chi connectivity index (χ2v) is 3.97. The van der Waals surface area contributed by atoms with Crippen molar-refractivity contribution in [3.05, 3.63) is 11.3 Å². The van der Waals surface area contributed by atoms with Crippen LogP contribution in [0.15, 0.2) is 11.3 Å². The molecule has 0 bridgehead atoms. The summed E-state index contributed by atoms with van der Waals surface area (Å²) in [6.45, 7) is 0. The molecule has 0 saturated carbocycles. The zero-order chi connectivity index (χ0) is 17.2. The standard InChI is InChI=1S/C8H3F11N2/c9-4(8(17,18)19)2(20)1(6(12,13)14)3(21)5(10,11)7(4,15)16/h21H,20H2. The molecule has 21 heavy (non-hydrogen) atoms. The van der Waals surface area contributed by atoms with Crippen LogP contribution in [0.2, 0.25) is 0 Å².